The number of nitrogens with zero attached hydrogens (tertiary/aromatic N) is 14. The largest absolute Gasteiger partial charge is 0.473 e. The Hall–Kier alpha value is -6.84. The molecule has 2 spiro atoms. The van der Waals surface area contributed by atoms with Crippen LogP contribution in [0.5, 0.6) is 23.3 Å². The highest BCUT2D eigenvalue weighted by molar-refractivity contribution is 6.27. The zero-order chi connectivity index (χ0) is 69.2. The van der Waals surface area contributed by atoms with Gasteiger partial charge in [-0.2, -0.15) is 0 Å². The van der Waals surface area contributed by atoms with Gasteiger partial charge in [0.1, 0.15) is 35.8 Å². The molecule has 8 rings (SSSR count). The van der Waals surface area contributed by atoms with E-state index in [4.69, 9.17) is 38.7 Å². The normalized spacial score (nSPS) is 17.2. The maximum atomic E-state index is 14.3. The number of carbonyl (C=O) groups is 4. The number of hydrogen-bond donors (Lipinski definition) is 2. The fraction of sp³-hybridized carbons (Fsp3) is 0.676. The van der Waals surface area contributed by atoms with Crippen molar-refractivity contribution in [3.8, 4) is 23.3 Å². The average molecular weight is 1320 g/mol. The van der Waals surface area contributed by atoms with Crippen molar-refractivity contribution < 1.29 is 57.1 Å². The molecule has 0 saturated carbocycles. The lowest BCUT2D eigenvalue weighted by Crippen LogP contribution is -2.62. The third-order valence-electron chi connectivity index (χ3n) is 18.7. The minimum atomic E-state index is -1.82. The summed E-state index contributed by atoms with van der Waals surface area (Å²) >= 11 is 0. The Balaban J connectivity index is 0.000000274. The standard InChI is InChI=1S/2C33H52FN7O3.C2H2O4/c2*1-9-41(24(4)5)32(42)27-17-26(34)12-13-29(27)44-31-30(35-22-36-37-31)39-16-14-33(19-39)20-40(21-33)28(23(2)3)11-10-15-38(7)18-25(6)43-8;3-1(4)2(5)6/h2*12-13,17,22-25,28H,9-11,14-16,18-21H2,1-8H3;(H,3,4)(H,5,6)/t2*25?,28-;/m00./s1. The highest BCUT2D eigenvalue weighted by atomic mass is 19.1. The summed E-state index contributed by atoms with van der Waals surface area (Å²) in [6.07, 6.45) is 10.2. The Morgan fingerprint density at radius 3 is 1.24 bits per heavy atom. The van der Waals surface area contributed by atoms with Gasteiger partial charge in [0.05, 0.1) is 23.3 Å². The number of carboxylic acids is 2. The third kappa shape index (κ3) is 20.6. The topological polar surface area (TPSA) is 249 Å². The molecule has 4 saturated heterocycles. The fourth-order valence-electron chi connectivity index (χ4n) is 13.7. The van der Waals surface area contributed by atoms with Crippen molar-refractivity contribution in [3.05, 3.63) is 71.8 Å². The lowest BCUT2D eigenvalue weighted by Gasteiger charge is -2.53. The highest BCUT2D eigenvalue weighted by Gasteiger charge is 2.52. The molecule has 4 aromatic rings. The van der Waals surface area contributed by atoms with Gasteiger partial charge >= 0.3 is 11.9 Å². The zero-order valence-electron chi connectivity index (χ0n) is 58.6. The molecular formula is C68H106F2N14O10. The van der Waals surface area contributed by atoms with Gasteiger partial charge in [0, 0.05) is 128 Å². The molecular weight excluding hydrogens is 1210 g/mol. The van der Waals surface area contributed by atoms with Crippen molar-refractivity contribution in [3.63, 3.8) is 0 Å². The molecule has 522 valence electrons. The molecule has 26 heteroatoms. The number of hydrogen-bond acceptors (Lipinski definition) is 20. The Labute approximate surface area is 555 Å². The average Bonchev–Trinajstić information content (AvgIpc) is 1.56. The van der Waals surface area contributed by atoms with Gasteiger partial charge in [0.25, 0.3) is 23.6 Å². The molecule has 4 fully saturated rings. The van der Waals surface area contributed by atoms with Crippen LogP contribution in [0.2, 0.25) is 0 Å². The first-order valence-corrected chi connectivity index (χ1v) is 33.4. The highest BCUT2D eigenvalue weighted by Crippen LogP contribution is 2.47. The maximum absolute atomic E-state index is 14.3. The molecule has 2 aromatic heterocycles. The molecule has 2 amide bonds. The summed E-state index contributed by atoms with van der Waals surface area (Å²) in [5.41, 5.74) is 0.721. The summed E-state index contributed by atoms with van der Waals surface area (Å²) in [5.74, 6) is -1.92. The van der Waals surface area contributed by atoms with Crippen molar-refractivity contribution in [1.29, 1.82) is 0 Å². The van der Waals surface area contributed by atoms with Crippen LogP contribution in [0, 0.1) is 34.3 Å². The summed E-state index contributed by atoms with van der Waals surface area (Å²) in [5, 5.41) is 31.2. The number of anilines is 2. The molecule has 4 aliphatic rings. The fourth-order valence-corrected chi connectivity index (χ4v) is 13.7. The molecule has 2 aromatic carbocycles. The predicted molar refractivity (Wildman–Crippen MR) is 357 cm³/mol. The van der Waals surface area contributed by atoms with E-state index in [1.807, 2.05) is 41.5 Å². The first kappa shape index (κ1) is 76.2. The molecule has 0 aliphatic carbocycles. The van der Waals surface area contributed by atoms with E-state index >= 15 is 0 Å². The second-order valence-corrected chi connectivity index (χ2v) is 27.3. The number of halogens is 2. The number of methoxy groups -OCH3 is 2. The van der Waals surface area contributed by atoms with Gasteiger partial charge in [-0.1, -0.05) is 27.7 Å². The maximum Gasteiger partial charge on any atom is 0.414 e. The molecule has 0 radical (unpaired) electrons. The van der Waals surface area contributed by atoms with Crippen molar-refractivity contribution in [2.24, 2.45) is 22.7 Å². The quantitative estimate of drug-likeness (QED) is 0.0462. The van der Waals surface area contributed by atoms with E-state index in [1.165, 1.54) is 74.7 Å². The van der Waals surface area contributed by atoms with Crippen LogP contribution in [0.1, 0.15) is 142 Å². The van der Waals surface area contributed by atoms with E-state index in [-0.39, 0.29) is 81.3 Å². The van der Waals surface area contributed by atoms with Gasteiger partial charge in [-0.25, -0.2) is 28.3 Å². The molecule has 4 aliphatic heterocycles. The number of aliphatic carboxylic acids is 2. The van der Waals surface area contributed by atoms with Crippen molar-refractivity contribution in [2.45, 2.75) is 158 Å². The van der Waals surface area contributed by atoms with Gasteiger partial charge < -0.3 is 58.6 Å². The lowest BCUT2D eigenvalue weighted by atomic mass is 9.76. The van der Waals surface area contributed by atoms with E-state index in [9.17, 15) is 18.4 Å². The number of aromatic nitrogens is 6. The van der Waals surface area contributed by atoms with E-state index in [0.29, 0.717) is 48.6 Å². The number of likely N-dealkylation sites (tertiary alicyclic amines) is 2. The number of likely N-dealkylation sites (N-methyl/N-ethyl adjacent to an activating group) is 2. The van der Waals surface area contributed by atoms with Crippen LogP contribution in [-0.4, -0.2) is 250 Å². The second-order valence-electron chi connectivity index (χ2n) is 27.3. The predicted octanol–water partition coefficient (Wildman–Crippen LogP) is 9.07. The van der Waals surface area contributed by atoms with E-state index in [0.717, 1.165) is 91.4 Å². The Bertz CT molecular complexity index is 2880. The van der Waals surface area contributed by atoms with Gasteiger partial charge in [0.2, 0.25) is 0 Å². The van der Waals surface area contributed by atoms with Crippen LogP contribution in [0.3, 0.4) is 0 Å². The van der Waals surface area contributed by atoms with E-state index < -0.39 is 23.6 Å². The summed E-state index contributed by atoms with van der Waals surface area (Å²) in [6.45, 7) is 37.8. The molecule has 6 heterocycles. The summed E-state index contributed by atoms with van der Waals surface area (Å²) in [6, 6.07) is 9.03. The molecule has 0 bridgehead atoms. The summed E-state index contributed by atoms with van der Waals surface area (Å²) < 4.78 is 51.8. The van der Waals surface area contributed by atoms with E-state index in [2.05, 4.69) is 115 Å². The third-order valence-corrected chi connectivity index (χ3v) is 18.7. The van der Waals surface area contributed by atoms with Gasteiger partial charge in [0.15, 0.2) is 11.6 Å². The van der Waals surface area contributed by atoms with Crippen LogP contribution in [0.4, 0.5) is 20.4 Å². The first-order valence-electron chi connectivity index (χ1n) is 33.4. The van der Waals surface area contributed by atoms with Crippen LogP contribution in [-0.2, 0) is 19.1 Å². The second kappa shape index (κ2) is 35.2. The molecule has 2 unspecified atom stereocenters. The van der Waals surface area contributed by atoms with Crippen LogP contribution >= 0.6 is 0 Å². The van der Waals surface area contributed by atoms with Crippen molar-refractivity contribution in [1.82, 2.24) is 59.8 Å². The summed E-state index contributed by atoms with van der Waals surface area (Å²) in [4.78, 5) is 71.8. The number of benzene rings is 2. The van der Waals surface area contributed by atoms with Crippen LogP contribution in [0.15, 0.2) is 49.1 Å². The minimum absolute atomic E-state index is 0.0402. The van der Waals surface area contributed by atoms with Crippen LogP contribution in [0.25, 0.3) is 0 Å². The number of carboxylic acid groups (broad SMARTS) is 2. The van der Waals surface area contributed by atoms with Crippen molar-refractivity contribution >= 4 is 35.4 Å². The van der Waals surface area contributed by atoms with Gasteiger partial charge in [-0.05, 0) is 169 Å². The number of amides is 2. The van der Waals surface area contributed by atoms with E-state index in [1.54, 1.807) is 24.0 Å². The van der Waals surface area contributed by atoms with Crippen LogP contribution < -0.4 is 19.3 Å². The molecule has 24 nitrogen and oxygen atoms in total. The Morgan fingerprint density at radius 1 is 0.574 bits per heavy atom. The molecule has 4 atom stereocenters. The first-order chi connectivity index (χ1) is 44.6. The Kier molecular flexibility index (Phi) is 28.6. The Morgan fingerprint density at radius 2 is 0.936 bits per heavy atom. The summed E-state index contributed by atoms with van der Waals surface area (Å²) in [7, 11) is 7.88. The smallest absolute Gasteiger partial charge is 0.414 e. The SMILES string of the molecule is CCN(C(=O)c1cc(F)ccc1Oc1nncnc1N1CCC2(C1)CN([C@@H](CCCN(C)CC(C)OC)C(C)C)C2)C(C)C.CCN(C(=O)c1cc(F)ccc1Oc1nncnc1N1CCC2(C1)CN([C@@H](CCCN(C)CC(C)OC)C(C)C)C2)C(C)C.O=C(O)C(=O)O. The van der Waals surface area contributed by atoms with Gasteiger partial charge in [-0.15, -0.1) is 20.4 Å². The number of ether oxygens (including phenoxy) is 4. The molecule has 2 N–H and O–H groups in total. The molecule has 94 heavy (non-hydrogen) atoms. The lowest BCUT2D eigenvalue weighted by molar-refractivity contribution is -0.159. The van der Waals surface area contributed by atoms with Gasteiger partial charge in [-0.3, -0.25) is 19.4 Å². The number of carbonyl (C=O) groups excluding carboxylic acids is 2. The monoisotopic (exact) mass is 1320 g/mol. The minimum Gasteiger partial charge on any atom is -0.473 e. The van der Waals surface area contributed by atoms with Crippen molar-refractivity contribution in [2.75, 3.05) is 130 Å². The number of rotatable bonds is 30. The zero-order valence-corrected chi connectivity index (χ0v) is 58.6.